The number of halogens is 1. The van der Waals surface area contributed by atoms with Gasteiger partial charge in [0.1, 0.15) is 24.7 Å². The lowest BCUT2D eigenvalue weighted by Crippen LogP contribution is -2.42. The van der Waals surface area contributed by atoms with E-state index in [-0.39, 0.29) is 0 Å². The normalized spacial score (nSPS) is 13.0. The zero-order valence-electron chi connectivity index (χ0n) is 19.9. The highest BCUT2D eigenvalue weighted by Gasteiger charge is 2.43. The predicted molar refractivity (Wildman–Crippen MR) is 142 cm³/mol. The molecule has 0 fully saturated rings. The van der Waals surface area contributed by atoms with E-state index in [1.54, 1.807) is 14.2 Å². The summed E-state index contributed by atoms with van der Waals surface area (Å²) in [7, 11) is 3.34. The zero-order chi connectivity index (χ0) is 24.5. The van der Waals surface area contributed by atoms with Crippen LogP contribution in [0.15, 0.2) is 108 Å². The van der Waals surface area contributed by atoms with Crippen LogP contribution in [0.3, 0.4) is 0 Å². The van der Waals surface area contributed by atoms with Gasteiger partial charge in [0.2, 0.25) is 0 Å². The smallest absolute Gasteiger partial charge is 0.198 e. The minimum absolute atomic E-state index is 0.562. The van der Waals surface area contributed by atoms with E-state index in [0.717, 1.165) is 33.5 Å². The van der Waals surface area contributed by atoms with Crippen LogP contribution in [0, 0.1) is 0 Å². The third-order valence-corrected chi connectivity index (χ3v) is 6.41. The van der Waals surface area contributed by atoms with E-state index < -0.39 is 5.79 Å². The highest BCUT2D eigenvalue weighted by molar-refractivity contribution is 9.10. The van der Waals surface area contributed by atoms with E-state index in [2.05, 4.69) is 46.3 Å². The molecule has 0 spiro atoms. The summed E-state index contributed by atoms with van der Waals surface area (Å²) < 4.78 is 23.5. The number of hydrogen-bond donors (Lipinski definition) is 0. The van der Waals surface area contributed by atoms with Crippen molar-refractivity contribution in [2.24, 2.45) is 0 Å². The molecule has 0 aromatic heterocycles. The molecule has 0 saturated heterocycles. The standard InChI is InChI=1S/C17H18O3.C13H11BrO/c1-18-17(19-2)11-14-8-9-15(10-16(14)17)20-12-13-6-4-3-5-7-13;14-12-6-8-13(9-7-12)15-10-11-4-2-1-3-5-11/h3-10H,11-12H2,1-2H3;1-9H,10H2. The van der Waals surface area contributed by atoms with Gasteiger partial charge < -0.3 is 18.9 Å². The van der Waals surface area contributed by atoms with Crippen molar-refractivity contribution in [3.05, 3.63) is 130 Å². The van der Waals surface area contributed by atoms with Crippen LogP contribution in [-0.2, 0) is 34.9 Å². The maximum atomic E-state index is 5.83. The molecule has 0 amide bonds. The summed E-state index contributed by atoms with van der Waals surface area (Å²) in [6, 6.07) is 34.2. The lowest BCUT2D eigenvalue weighted by molar-refractivity contribution is -0.230. The van der Waals surface area contributed by atoms with E-state index >= 15 is 0 Å². The van der Waals surface area contributed by atoms with Gasteiger partial charge in [0.05, 0.1) is 0 Å². The Morgan fingerprint density at radius 1 is 0.657 bits per heavy atom. The van der Waals surface area contributed by atoms with E-state index in [0.29, 0.717) is 13.2 Å². The Labute approximate surface area is 215 Å². The molecule has 4 aromatic rings. The van der Waals surface area contributed by atoms with Crippen molar-refractivity contribution in [3.63, 3.8) is 0 Å². The first kappa shape index (κ1) is 25.0. The first-order valence-electron chi connectivity index (χ1n) is 11.4. The Balaban J connectivity index is 0.000000172. The van der Waals surface area contributed by atoms with Crippen LogP contribution < -0.4 is 9.47 Å². The molecule has 0 unspecified atom stereocenters. The zero-order valence-corrected chi connectivity index (χ0v) is 21.5. The molecule has 0 aliphatic heterocycles. The molecule has 0 radical (unpaired) electrons. The Bertz CT molecular complexity index is 1190. The second-order valence-electron chi connectivity index (χ2n) is 8.16. The molecule has 4 aromatic carbocycles. The summed E-state index contributed by atoms with van der Waals surface area (Å²) >= 11 is 3.39. The van der Waals surface area contributed by atoms with Gasteiger partial charge in [-0.3, -0.25) is 0 Å². The Morgan fingerprint density at radius 2 is 1.17 bits per heavy atom. The fourth-order valence-corrected chi connectivity index (χ4v) is 4.12. The molecule has 1 aliphatic rings. The molecule has 1 aliphatic carbocycles. The SMILES string of the molecule is Brc1ccc(OCc2ccccc2)cc1.COC1(OC)Cc2ccc(OCc3ccccc3)cc21. The summed E-state index contributed by atoms with van der Waals surface area (Å²) in [4.78, 5) is 0. The molecular weight excluding hydrogens is 504 g/mol. The van der Waals surface area contributed by atoms with Gasteiger partial charge in [0.25, 0.3) is 0 Å². The van der Waals surface area contributed by atoms with E-state index in [9.17, 15) is 0 Å². The number of ether oxygens (including phenoxy) is 4. The average Bonchev–Trinajstić information content (AvgIpc) is 2.90. The molecule has 0 N–H and O–H groups in total. The second-order valence-corrected chi connectivity index (χ2v) is 9.08. The summed E-state index contributed by atoms with van der Waals surface area (Å²) in [6.07, 6.45) is 0.786. The molecular formula is C30H29BrO4. The van der Waals surface area contributed by atoms with Crippen LogP contribution in [0.25, 0.3) is 0 Å². The molecule has 0 saturated carbocycles. The van der Waals surface area contributed by atoms with Gasteiger partial charge in [0.15, 0.2) is 5.79 Å². The van der Waals surface area contributed by atoms with E-state index in [1.807, 2.05) is 72.8 Å². The largest absolute Gasteiger partial charge is 0.489 e. The lowest BCUT2D eigenvalue weighted by Gasteiger charge is -2.41. The van der Waals surface area contributed by atoms with Crippen LogP contribution in [-0.4, -0.2) is 14.2 Å². The van der Waals surface area contributed by atoms with E-state index in [4.69, 9.17) is 18.9 Å². The first-order valence-corrected chi connectivity index (χ1v) is 12.2. The first-order chi connectivity index (χ1) is 17.1. The van der Waals surface area contributed by atoms with Crippen molar-refractivity contribution in [3.8, 4) is 11.5 Å². The minimum atomic E-state index is -0.596. The maximum Gasteiger partial charge on any atom is 0.198 e. The number of methoxy groups -OCH3 is 2. The molecule has 0 heterocycles. The third-order valence-electron chi connectivity index (χ3n) is 5.88. The third kappa shape index (κ3) is 6.51. The molecule has 5 rings (SSSR count). The van der Waals surface area contributed by atoms with Crippen molar-refractivity contribution >= 4 is 15.9 Å². The molecule has 35 heavy (non-hydrogen) atoms. The van der Waals surface area contributed by atoms with Crippen molar-refractivity contribution in [2.45, 2.75) is 25.4 Å². The quantitative estimate of drug-likeness (QED) is 0.223. The Hall–Kier alpha value is -3.12. The summed E-state index contributed by atoms with van der Waals surface area (Å²) in [5.74, 6) is 1.13. The van der Waals surface area contributed by atoms with Crippen molar-refractivity contribution in [2.75, 3.05) is 14.2 Å². The second kappa shape index (κ2) is 12.0. The fourth-order valence-electron chi connectivity index (χ4n) is 3.85. The number of benzene rings is 4. The van der Waals surface area contributed by atoms with Crippen LogP contribution >= 0.6 is 15.9 Å². The number of hydrogen-bond acceptors (Lipinski definition) is 4. The van der Waals surface area contributed by atoms with Gasteiger partial charge in [-0.1, -0.05) is 82.7 Å². The van der Waals surface area contributed by atoms with Gasteiger partial charge in [-0.05, 0) is 53.1 Å². The van der Waals surface area contributed by atoms with Crippen LogP contribution in [0.4, 0.5) is 0 Å². The van der Waals surface area contributed by atoms with E-state index in [1.165, 1.54) is 11.1 Å². The Morgan fingerprint density at radius 3 is 1.71 bits per heavy atom. The molecule has 0 atom stereocenters. The summed E-state index contributed by atoms with van der Waals surface area (Å²) in [6.45, 7) is 1.18. The van der Waals surface area contributed by atoms with Gasteiger partial charge in [-0.25, -0.2) is 0 Å². The van der Waals surface area contributed by atoms with Crippen molar-refractivity contribution < 1.29 is 18.9 Å². The summed E-state index contributed by atoms with van der Waals surface area (Å²) in [5.41, 5.74) is 4.65. The monoisotopic (exact) mass is 532 g/mol. The van der Waals surface area contributed by atoms with Crippen LogP contribution in [0.5, 0.6) is 11.5 Å². The Kier molecular flexibility index (Phi) is 8.59. The van der Waals surface area contributed by atoms with Gasteiger partial charge in [0, 0.05) is 30.7 Å². The van der Waals surface area contributed by atoms with Gasteiger partial charge in [-0.15, -0.1) is 0 Å². The maximum absolute atomic E-state index is 5.83. The van der Waals surface area contributed by atoms with Crippen LogP contribution in [0.2, 0.25) is 0 Å². The number of fused-ring (bicyclic) bond motifs is 1. The molecule has 180 valence electrons. The predicted octanol–water partition coefficient (Wildman–Crippen LogP) is 7.30. The topological polar surface area (TPSA) is 36.9 Å². The highest BCUT2D eigenvalue weighted by atomic mass is 79.9. The highest BCUT2D eigenvalue weighted by Crippen LogP contribution is 2.44. The molecule has 5 heteroatoms. The lowest BCUT2D eigenvalue weighted by atomic mass is 9.81. The van der Waals surface area contributed by atoms with Gasteiger partial charge >= 0.3 is 0 Å². The molecule has 0 bridgehead atoms. The van der Waals surface area contributed by atoms with Crippen molar-refractivity contribution in [1.82, 2.24) is 0 Å². The average molecular weight is 533 g/mol. The number of rotatable bonds is 8. The molecule has 4 nitrogen and oxygen atoms in total. The van der Waals surface area contributed by atoms with Gasteiger partial charge in [-0.2, -0.15) is 0 Å². The van der Waals surface area contributed by atoms with Crippen molar-refractivity contribution in [1.29, 1.82) is 0 Å². The summed E-state index contributed by atoms with van der Waals surface area (Å²) in [5, 5.41) is 0. The minimum Gasteiger partial charge on any atom is -0.489 e. The fraction of sp³-hybridized carbons (Fsp3) is 0.200. The van der Waals surface area contributed by atoms with Crippen LogP contribution in [0.1, 0.15) is 22.3 Å².